The van der Waals surface area contributed by atoms with Gasteiger partial charge in [0.2, 0.25) is 5.91 Å². The number of carbonyl (C=O) groups excluding carboxylic acids is 2. The lowest BCUT2D eigenvalue weighted by Gasteiger charge is -2.29. The third kappa shape index (κ3) is 4.83. The molecule has 160 valence electrons. The van der Waals surface area contributed by atoms with Gasteiger partial charge in [0.1, 0.15) is 10.1 Å². The summed E-state index contributed by atoms with van der Waals surface area (Å²) in [6, 6.07) is 15.6. The molecule has 0 aliphatic carbocycles. The number of fused-ring (bicyclic) bond motifs is 1. The maximum absolute atomic E-state index is 12.8. The summed E-state index contributed by atoms with van der Waals surface area (Å²) in [4.78, 5) is 29.7. The summed E-state index contributed by atoms with van der Waals surface area (Å²) in [5.74, 6) is 0.736. The molecule has 2 amide bonds. The van der Waals surface area contributed by atoms with Crippen molar-refractivity contribution in [3.05, 3.63) is 64.6 Å². The molecule has 2 aliphatic rings. The van der Waals surface area contributed by atoms with Crippen LogP contribution in [0.3, 0.4) is 0 Å². The molecule has 0 aromatic heterocycles. The van der Waals surface area contributed by atoms with Gasteiger partial charge in [0, 0.05) is 25.2 Å². The Kier molecular flexibility index (Phi) is 6.73. The van der Waals surface area contributed by atoms with E-state index >= 15 is 0 Å². The standard InChI is InChI=1S/C24H24N2O3S2/c1-29-19-10-4-7-17(15-19)16-21-23(28)26(24(30)31-21)14-6-12-22(27)25-13-5-9-18-8-2-3-11-20(18)25/h2-4,7-8,10-11,15-16H,5-6,9,12-14H2,1H3. The molecule has 2 aliphatic heterocycles. The molecule has 31 heavy (non-hydrogen) atoms. The molecule has 0 spiro atoms. The fourth-order valence-electron chi connectivity index (χ4n) is 3.89. The van der Waals surface area contributed by atoms with Crippen molar-refractivity contribution >= 4 is 51.9 Å². The van der Waals surface area contributed by atoms with Gasteiger partial charge in [-0.1, -0.05) is 54.3 Å². The zero-order valence-corrected chi connectivity index (χ0v) is 19.0. The number of methoxy groups -OCH3 is 1. The van der Waals surface area contributed by atoms with Gasteiger partial charge in [0.05, 0.1) is 12.0 Å². The minimum Gasteiger partial charge on any atom is -0.497 e. The highest BCUT2D eigenvalue weighted by atomic mass is 32.2. The topological polar surface area (TPSA) is 49.9 Å². The summed E-state index contributed by atoms with van der Waals surface area (Å²) in [5, 5.41) is 0. The molecule has 1 fully saturated rings. The summed E-state index contributed by atoms with van der Waals surface area (Å²) in [6.45, 7) is 1.20. The van der Waals surface area contributed by atoms with Crippen LogP contribution in [-0.4, -0.2) is 41.2 Å². The molecule has 1 saturated heterocycles. The number of para-hydroxylation sites is 1. The summed E-state index contributed by atoms with van der Waals surface area (Å²) in [7, 11) is 1.61. The zero-order valence-electron chi connectivity index (χ0n) is 17.4. The number of ether oxygens (including phenoxy) is 1. The van der Waals surface area contributed by atoms with Crippen LogP contribution in [0.1, 0.15) is 30.4 Å². The molecule has 0 N–H and O–H groups in total. The van der Waals surface area contributed by atoms with Crippen molar-refractivity contribution in [1.82, 2.24) is 4.90 Å². The minimum atomic E-state index is -0.103. The Morgan fingerprint density at radius 3 is 2.90 bits per heavy atom. The molecule has 0 atom stereocenters. The molecule has 0 saturated carbocycles. The van der Waals surface area contributed by atoms with E-state index in [9.17, 15) is 9.59 Å². The Hall–Kier alpha value is -2.64. The smallest absolute Gasteiger partial charge is 0.266 e. The zero-order chi connectivity index (χ0) is 21.8. The molecule has 2 heterocycles. The number of benzene rings is 2. The Balaban J connectivity index is 1.36. The van der Waals surface area contributed by atoms with Crippen LogP contribution in [0.25, 0.3) is 6.08 Å². The lowest BCUT2D eigenvalue weighted by molar-refractivity contribution is -0.123. The molecular weight excluding hydrogens is 428 g/mol. The molecule has 0 radical (unpaired) electrons. The van der Waals surface area contributed by atoms with Crippen LogP contribution in [0.5, 0.6) is 5.75 Å². The van der Waals surface area contributed by atoms with Crippen molar-refractivity contribution in [3.8, 4) is 5.75 Å². The second kappa shape index (κ2) is 9.66. The molecule has 2 aromatic rings. The lowest BCUT2D eigenvalue weighted by atomic mass is 10.0. The molecular formula is C24H24N2O3S2. The maximum Gasteiger partial charge on any atom is 0.266 e. The van der Waals surface area contributed by atoms with Crippen molar-refractivity contribution < 1.29 is 14.3 Å². The first kappa shape index (κ1) is 21.6. The minimum absolute atomic E-state index is 0.101. The monoisotopic (exact) mass is 452 g/mol. The highest BCUT2D eigenvalue weighted by Gasteiger charge is 2.32. The van der Waals surface area contributed by atoms with Crippen molar-refractivity contribution in [1.29, 1.82) is 0 Å². The van der Waals surface area contributed by atoms with Gasteiger partial charge in [0.25, 0.3) is 5.91 Å². The highest BCUT2D eigenvalue weighted by molar-refractivity contribution is 8.26. The highest BCUT2D eigenvalue weighted by Crippen LogP contribution is 2.33. The van der Waals surface area contributed by atoms with E-state index in [1.54, 1.807) is 12.0 Å². The van der Waals surface area contributed by atoms with Gasteiger partial charge in [-0.15, -0.1) is 0 Å². The predicted octanol–water partition coefficient (Wildman–Crippen LogP) is 4.66. The molecule has 2 aromatic carbocycles. The first-order valence-electron chi connectivity index (χ1n) is 10.3. The number of hydrogen-bond acceptors (Lipinski definition) is 5. The number of amides is 2. The van der Waals surface area contributed by atoms with Crippen LogP contribution in [0.4, 0.5) is 5.69 Å². The quantitative estimate of drug-likeness (QED) is 0.471. The number of hydrogen-bond donors (Lipinski definition) is 0. The van der Waals surface area contributed by atoms with Gasteiger partial charge in [-0.2, -0.15) is 0 Å². The number of carbonyl (C=O) groups is 2. The third-order valence-electron chi connectivity index (χ3n) is 5.45. The third-order valence-corrected chi connectivity index (χ3v) is 6.83. The average Bonchev–Trinajstić information content (AvgIpc) is 3.06. The van der Waals surface area contributed by atoms with Crippen molar-refractivity contribution in [3.63, 3.8) is 0 Å². The van der Waals surface area contributed by atoms with E-state index in [0.717, 1.165) is 36.4 Å². The van der Waals surface area contributed by atoms with E-state index in [1.807, 2.05) is 53.4 Å². The maximum atomic E-state index is 12.8. The second-order valence-corrected chi connectivity index (χ2v) is 9.17. The summed E-state index contributed by atoms with van der Waals surface area (Å²) in [6.07, 6.45) is 4.79. The Morgan fingerprint density at radius 2 is 2.06 bits per heavy atom. The number of nitrogens with zero attached hydrogens (tertiary/aromatic N) is 2. The Bertz CT molecular complexity index is 1050. The number of aryl methyl sites for hydroxylation is 1. The molecule has 0 unspecified atom stereocenters. The van der Waals surface area contributed by atoms with Crippen LogP contribution < -0.4 is 9.64 Å². The van der Waals surface area contributed by atoms with Gasteiger partial charge in [-0.25, -0.2) is 0 Å². The van der Waals surface area contributed by atoms with Crippen LogP contribution in [0.15, 0.2) is 53.4 Å². The van der Waals surface area contributed by atoms with Crippen LogP contribution in [-0.2, 0) is 16.0 Å². The average molecular weight is 453 g/mol. The number of anilines is 1. The van der Waals surface area contributed by atoms with Crippen LogP contribution in [0, 0.1) is 0 Å². The Morgan fingerprint density at radius 1 is 1.23 bits per heavy atom. The number of thiocarbonyl (C=S) groups is 1. The molecule has 7 heteroatoms. The van der Waals surface area contributed by atoms with Gasteiger partial charge in [-0.05, 0) is 54.7 Å². The van der Waals surface area contributed by atoms with E-state index < -0.39 is 0 Å². The predicted molar refractivity (Wildman–Crippen MR) is 129 cm³/mol. The summed E-state index contributed by atoms with van der Waals surface area (Å²) >= 11 is 6.72. The summed E-state index contributed by atoms with van der Waals surface area (Å²) in [5.41, 5.74) is 3.13. The van der Waals surface area contributed by atoms with Gasteiger partial charge >= 0.3 is 0 Å². The van der Waals surface area contributed by atoms with Crippen LogP contribution in [0.2, 0.25) is 0 Å². The van der Waals surface area contributed by atoms with E-state index in [0.29, 0.717) is 28.6 Å². The molecule has 5 nitrogen and oxygen atoms in total. The fourth-order valence-corrected chi connectivity index (χ4v) is 5.20. The molecule has 4 rings (SSSR count). The fraction of sp³-hybridized carbons (Fsp3) is 0.292. The first-order valence-corrected chi connectivity index (χ1v) is 11.6. The van der Waals surface area contributed by atoms with Gasteiger partial charge < -0.3 is 9.64 Å². The van der Waals surface area contributed by atoms with E-state index in [2.05, 4.69) is 6.07 Å². The van der Waals surface area contributed by atoms with Gasteiger partial charge in [0.15, 0.2) is 0 Å². The van der Waals surface area contributed by atoms with E-state index in [1.165, 1.54) is 17.3 Å². The van der Waals surface area contributed by atoms with Crippen molar-refractivity contribution in [2.45, 2.75) is 25.7 Å². The Labute approximate surface area is 192 Å². The van der Waals surface area contributed by atoms with Crippen LogP contribution >= 0.6 is 24.0 Å². The molecule has 0 bridgehead atoms. The van der Waals surface area contributed by atoms with E-state index in [4.69, 9.17) is 17.0 Å². The number of thioether (sulfide) groups is 1. The largest absolute Gasteiger partial charge is 0.497 e. The first-order chi connectivity index (χ1) is 15.1. The van der Waals surface area contributed by atoms with Gasteiger partial charge in [-0.3, -0.25) is 14.5 Å². The SMILES string of the molecule is COc1cccc(C=C2SC(=S)N(CCCC(=O)N3CCCc4ccccc43)C2=O)c1. The van der Waals surface area contributed by atoms with Crippen molar-refractivity contribution in [2.75, 3.05) is 25.1 Å². The van der Waals surface area contributed by atoms with Crippen molar-refractivity contribution in [2.24, 2.45) is 0 Å². The normalized spacial score (nSPS) is 17.3. The second-order valence-electron chi connectivity index (χ2n) is 7.49. The lowest BCUT2D eigenvalue weighted by Crippen LogP contribution is -2.36. The number of rotatable bonds is 6. The summed E-state index contributed by atoms with van der Waals surface area (Å²) < 4.78 is 5.78. The van der Waals surface area contributed by atoms with E-state index in [-0.39, 0.29) is 11.8 Å².